The minimum Gasteiger partial charge on any atom is -0.460 e. The Balaban J connectivity index is 3.39. The number of hydrogen-bond acceptors (Lipinski definition) is 4. The Morgan fingerprint density at radius 3 is 2.04 bits per heavy atom. The summed E-state index contributed by atoms with van der Waals surface area (Å²) in [6.45, 7) is 4.81. The van der Waals surface area contributed by atoms with E-state index in [2.05, 4.69) is 6.58 Å². The van der Waals surface area contributed by atoms with Crippen LogP contribution in [0.1, 0.15) is 84.0 Å². The fourth-order valence-electron chi connectivity index (χ4n) is 2.72. The molecule has 4 heteroatoms. The largest absolute Gasteiger partial charge is 0.460 e. The van der Waals surface area contributed by atoms with E-state index < -0.39 is 18.2 Å². The van der Waals surface area contributed by atoms with Crippen molar-refractivity contribution >= 4 is 5.97 Å². The lowest BCUT2D eigenvalue weighted by Gasteiger charge is -2.18. The molecule has 0 heterocycles. The van der Waals surface area contributed by atoms with Crippen LogP contribution in [0.4, 0.5) is 0 Å². The van der Waals surface area contributed by atoms with Gasteiger partial charge in [-0.15, -0.1) is 6.58 Å². The molecule has 0 radical (unpaired) electrons. The number of unbranched alkanes of at least 4 members (excludes halogenated alkanes) is 9. The van der Waals surface area contributed by atoms with E-state index in [4.69, 9.17) is 9.84 Å². The molecule has 0 aliphatic heterocycles. The highest BCUT2D eigenvalue weighted by atomic mass is 16.5. The molecule has 0 rings (SSSR count). The van der Waals surface area contributed by atoms with Gasteiger partial charge < -0.3 is 14.9 Å². The number of aliphatic hydroxyl groups excluding tert-OH is 2. The minimum absolute atomic E-state index is 0.233. The highest BCUT2D eigenvalue weighted by molar-refractivity contribution is 5.66. The van der Waals surface area contributed by atoms with Crippen LogP contribution in [-0.2, 0) is 9.53 Å². The Labute approximate surface area is 141 Å². The van der Waals surface area contributed by atoms with Crippen molar-refractivity contribution in [3.05, 3.63) is 12.7 Å². The summed E-state index contributed by atoms with van der Waals surface area (Å²) in [4.78, 5) is 10.8. The van der Waals surface area contributed by atoms with Crippen LogP contribution in [0.3, 0.4) is 0 Å². The molecule has 0 aromatic carbocycles. The van der Waals surface area contributed by atoms with Gasteiger partial charge in [-0.25, -0.2) is 0 Å². The number of carbonyl (C=O) groups is 1. The maximum Gasteiger partial charge on any atom is 0.302 e. The lowest BCUT2D eigenvalue weighted by molar-refractivity contribution is -0.149. The SMILES string of the molecule is C=CCCCCCCCCCCC[C@@H](O)C[C@@H](CO)OC(C)=O. The fraction of sp³-hybridized carbons (Fsp3) is 0.842. The van der Waals surface area contributed by atoms with Gasteiger partial charge in [0.05, 0.1) is 12.7 Å². The summed E-state index contributed by atoms with van der Waals surface area (Å²) in [7, 11) is 0. The first-order valence-electron chi connectivity index (χ1n) is 9.17. The number of esters is 1. The maximum absolute atomic E-state index is 10.8. The number of carbonyl (C=O) groups excluding carboxylic acids is 1. The number of hydrogen-bond donors (Lipinski definition) is 2. The van der Waals surface area contributed by atoms with Crippen LogP contribution >= 0.6 is 0 Å². The minimum atomic E-state index is -0.580. The molecule has 2 atom stereocenters. The zero-order valence-corrected chi connectivity index (χ0v) is 14.8. The zero-order chi connectivity index (χ0) is 17.3. The van der Waals surface area contributed by atoms with Crippen molar-refractivity contribution in [1.82, 2.24) is 0 Å². The highest BCUT2D eigenvalue weighted by Gasteiger charge is 2.16. The third-order valence-corrected chi connectivity index (χ3v) is 4.02. The van der Waals surface area contributed by atoms with Crippen molar-refractivity contribution in [1.29, 1.82) is 0 Å². The van der Waals surface area contributed by atoms with Crippen LogP contribution in [0, 0.1) is 0 Å². The van der Waals surface area contributed by atoms with Gasteiger partial charge >= 0.3 is 5.97 Å². The molecule has 0 aromatic rings. The third-order valence-electron chi connectivity index (χ3n) is 4.02. The van der Waals surface area contributed by atoms with E-state index in [1.54, 1.807) is 0 Å². The molecule has 0 saturated carbocycles. The van der Waals surface area contributed by atoms with Gasteiger partial charge in [-0.1, -0.05) is 57.4 Å². The van der Waals surface area contributed by atoms with Crippen LogP contribution in [-0.4, -0.2) is 35.0 Å². The first kappa shape index (κ1) is 22.1. The average Bonchev–Trinajstić information content (AvgIpc) is 2.51. The van der Waals surface area contributed by atoms with Crippen molar-refractivity contribution in [2.45, 2.75) is 96.2 Å². The Kier molecular flexibility index (Phi) is 15.4. The zero-order valence-electron chi connectivity index (χ0n) is 14.8. The lowest BCUT2D eigenvalue weighted by Crippen LogP contribution is -2.26. The number of aliphatic hydroxyl groups is 2. The second-order valence-electron chi connectivity index (χ2n) is 6.35. The van der Waals surface area contributed by atoms with Gasteiger partial charge in [0, 0.05) is 13.3 Å². The predicted molar refractivity (Wildman–Crippen MR) is 94.2 cm³/mol. The fourth-order valence-corrected chi connectivity index (χ4v) is 2.72. The summed E-state index contributed by atoms with van der Waals surface area (Å²) in [6, 6.07) is 0. The highest BCUT2D eigenvalue weighted by Crippen LogP contribution is 2.14. The molecule has 2 N–H and O–H groups in total. The second kappa shape index (κ2) is 16.0. The standard InChI is InChI=1S/C19H36O4/c1-3-4-5-6-7-8-9-10-11-12-13-14-18(22)15-19(16-20)23-17(2)21/h3,18-20,22H,1,4-16H2,2H3/t18-,19+/m1/s1. The van der Waals surface area contributed by atoms with E-state index in [-0.39, 0.29) is 6.61 Å². The Hall–Kier alpha value is -0.870. The molecule has 0 spiro atoms. The normalized spacial score (nSPS) is 13.5. The van der Waals surface area contributed by atoms with E-state index in [9.17, 15) is 9.90 Å². The molecular weight excluding hydrogens is 292 g/mol. The number of ether oxygens (including phenoxy) is 1. The first-order valence-corrected chi connectivity index (χ1v) is 9.17. The van der Waals surface area contributed by atoms with E-state index in [1.807, 2.05) is 6.08 Å². The Morgan fingerprint density at radius 1 is 1.04 bits per heavy atom. The van der Waals surface area contributed by atoms with E-state index in [0.717, 1.165) is 19.3 Å². The van der Waals surface area contributed by atoms with E-state index in [0.29, 0.717) is 12.8 Å². The van der Waals surface area contributed by atoms with Crippen molar-refractivity contribution in [2.75, 3.05) is 6.61 Å². The van der Waals surface area contributed by atoms with Gasteiger partial charge in [-0.05, 0) is 19.3 Å². The lowest BCUT2D eigenvalue weighted by atomic mass is 10.0. The molecule has 136 valence electrons. The van der Waals surface area contributed by atoms with Crippen LogP contribution in [0.25, 0.3) is 0 Å². The number of allylic oxidation sites excluding steroid dienone is 1. The molecule has 0 unspecified atom stereocenters. The topological polar surface area (TPSA) is 66.8 Å². The van der Waals surface area contributed by atoms with Gasteiger partial charge in [0.25, 0.3) is 0 Å². The Morgan fingerprint density at radius 2 is 1.57 bits per heavy atom. The van der Waals surface area contributed by atoms with Crippen molar-refractivity contribution in [3.8, 4) is 0 Å². The van der Waals surface area contributed by atoms with Gasteiger partial charge in [0.2, 0.25) is 0 Å². The summed E-state index contributed by atoms with van der Waals surface area (Å²) in [5, 5.41) is 19.0. The van der Waals surface area contributed by atoms with Crippen molar-refractivity contribution in [2.24, 2.45) is 0 Å². The van der Waals surface area contributed by atoms with Crippen LogP contribution in [0.15, 0.2) is 12.7 Å². The predicted octanol–water partition coefficient (Wildman–Crippen LogP) is 4.14. The van der Waals surface area contributed by atoms with Gasteiger partial charge in [0.1, 0.15) is 6.10 Å². The van der Waals surface area contributed by atoms with Crippen LogP contribution in [0.2, 0.25) is 0 Å². The summed E-state index contributed by atoms with van der Waals surface area (Å²) in [5.74, 6) is -0.416. The monoisotopic (exact) mass is 328 g/mol. The molecule has 0 saturated heterocycles. The molecule has 0 amide bonds. The summed E-state index contributed by atoms with van der Waals surface area (Å²) in [6.07, 6.45) is 14.2. The van der Waals surface area contributed by atoms with Gasteiger partial charge in [-0.3, -0.25) is 4.79 Å². The molecule has 4 nitrogen and oxygen atoms in total. The van der Waals surface area contributed by atoms with Crippen LogP contribution < -0.4 is 0 Å². The van der Waals surface area contributed by atoms with E-state index >= 15 is 0 Å². The first-order chi connectivity index (χ1) is 11.1. The second-order valence-corrected chi connectivity index (χ2v) is 6.35. The van der Waals surface area contributed by atoms with Gasteiger partial charge in [0.15, 0.2) is 0 Å². The molecule has 23 heavy (non-hydrogen) atoms. The quantitative estimate of drug-likeness (QED) is 0.254. The smallest absolute Gasteiger partial charge is 0.302 e. The van der Waals surface area contributed by atoms with Crippen LogP contribution in [0.5, 0.6) is 0 Å². The molecule has 0 aromatic heterocycles. The third kappa shape index (κ3) is 15.8. The summed E-state index contributed by atoms with van der Waals surface area (Å²) >= 11 is 0. The number of rotatable bonds is 16. The maximum atomic E-state index is 10.8. The molecule has 0 bridgehead atoms. The molecule has 0 aliphatic carbocycles. The van der Waals surface area contributed by atoms with Gasteiger partial charge in [-0.2, -0.15) is 0 Å². The summed E-state index contributed by atoms with van der Waals surface area (Å²) in [5.41, 5.74) is 0. The van der Waals surface area contributed by atoms with Crippen molar-refractivity contribution < 1.29 is 19.7 Å². The average molecular weight is 328 g/mol. The molecule has 0 aliphatic rings. The van der Waals surface area contributed by atoms with Crippen molar-refractivity contribution in [3.63, 3.8) is 0 Å². The summed E-state index contributed by atoms with van der Waals surface area (Å²) < 4.78 is 4.92. The van der Waals surface area contributed by atoms with E-state index in [1.165, 1.54) is 51.9 Å². The molecular formula is C19H36O4. The molecule has 0 fully saturated rings. The Bertz CT molecular complexity index is 291.